The zero-order chi connectivity index (χ0) is 19.6. The molecule has 0 aliphatic carbocycles. The highest BCUT2D eigenvalue weighted by Gasteiger charge is 2.27. The molecule has 0 unspecified atom stereocenters. The molecule has 0 radical (unpaired) electrons. The third kappa shape index (κ3) is 4.35. The van der Waals surface area contributed by atoms with Crippen molar-refractivity contribution < 1.29 is 14.7 Å². The highest BCUT2D eigenvalue weighted by Crippen LogP contribution is 2.41. The molecule has 3 rings (SSSR count). The van der Waals surface area contributed by atoms with Gasteiger partial charge in [0.2, 0.25) is 5.91 Å². The van der Waals surface area contributed by atoms with Crippen LogP contribution in [0.15, 0.2) is 41.3 Å². The van der Waals surface area contributed by atoms with Crippen molar-refractivity contribution in [2.75, 3.05) is 11.1 Å². The number of anilines is 1. The third-order valence-electron chi connectivity index (χ3n) is 4.61. The minimum absolute atomic E-state index is 0.0447. The summed E-state index contributed by atoms with van der Waals surface area (Å²) in [6.45, 7) is 5.86. The number of carbonyl (C=O) groups excluding carboxylic acids is 1. The quantitative estimate of drug-likeness (QED) is 0.753. The van der Waals surface area contributed by atoms with Crippen molar-refractivity contribution in [2.45, 2.75) is 37.5 Å². The number of carbonyl (C=O) groups is 2. The Kier molecular flexibility index (Phi) is 5.29. The summed E-state index contributed by atoms with van der Waals surface area (Å²) >= 11 is 1.88. The Morgan fingerprint density at radius 3 is 2.44 bits per heavy atom. The lowest BCUT2D eigenvalue weighted by molar-refractivity contribution is -0.114. The van der Waals surface area contributed by atoms with E-state index in [-0.39, 0.29) is 22.6 Å². The summed E-state index contributed by atoms with van der Waals surface area (Å²) in [5, 5.41) is 11.8. The number of benzene rings is 2. The summed E-state index contributed by atoms with van der Waals surface area (Å²) in [4.78, 5) is 24.0. The molecule has 0 aromatic heterocycles. The average Bonchev–Trinajstić information content (AvgIpc) is 2.59. The maximum atomic E-state index is 11.3. The summed E-state index contributed by atoms with van der Waals surface area (Å²) < 4.78 is 0. The van der Waals surface area contributed by atoms with Crippen LogP contribution in [0, 0.1) is 11.8 Å². The Hall–Kier alpha value is -2.71. The second-order valence-corrected chi connectivity index (χ2v) is 8.33. The first-order chi connectivity index (χ1) is 12.8. The first-order valence-electron chi connectivity index (χ1n) is 8.70. The smallest absolute Gasteiger partial charge is 0.337 e. The van der Waals surface area contributed by atoms with Gasteiger partial charge in [-0.05, 0) is 59.6 Å². The van der Waals surface area contributed by atoms with E-state index >= 15 is 0 Å². The predicted octanol–water partition coefficient (Wildman–Crippen LogP) is 4.52. The van der Waals surface area contributed by atoms with Crippen molar-refractivity contribution in [1.29, 1.82) is 0 Å². The van der Waals surface area contributed by atoms with Gasteiger partial charge in [-0.1, -0.05) is 25.7 Å². The van der Waals surface area contributed by atoms with Crippen molar-refractivity contribution in [2.24, 2.45) is 0 Å². The molecule has 2 aromatic carbocycles. The van der Waals surface area contributed by atoms with Crippen LogP contribution in [-0.2, 0) is 10.2 Å². The minimum atomic E-state index is -1.09. The molecule has 2 N–H and O–H groups in total. The molecule has 0 bridgehead atoms. The van der Waals surface area contributed by atoms with Gasteiger partial charge in [-0.2, -0.15) is 0 Å². The first-order valence-corrected chi connectivity index (χ1v) is 9.69. The highest BCUT2D eigenvalue weighted by atomic mass is 32.2. The average molecular weight is 379 g/mol. The SMILES string of the molecule is CC(=O)Nc1cc(C#Cc2ccc3c(c2)C(C)(C)CCS3)ccc1C(=O)O. The minimum Gasteiger partial charge on any atom is -0.478 e. The van der Waals surface area contributed by atoms with E-state index in [4.69, 9.17) is 0 Å². The number of hydrogen-bond donors (Lipinski definition) is 2. The van der Waals surface area contributed by atoms with Gasteiger partial charge in [-0.25, -0.2) is 4.79 Å². The van der Waals surface area contributed by atoms with Gasteiger partial charge in [-0.15, -0.1) is 11.8 Å². The van der Waals surface area contributed by atoms with Crippen LogP contribution in [0.1, 0.15) is 54.2 Å². The van der Waals surface area contributed by atoms with Crippen LogP contribution in [0.5, 0.6) is 0 Å². The van der Waals surface area contributed by atoms with Gasteiger partial charge < -0.3 is 10.4 Å². The molecule has 0 spiro atoms. The molecule has 4 nitrogen and oxygen atoms in total. The predicted molar refractivity (Wildman–Crippen MR) is 108 cm³/mol. The van der Waals surface area contributed by atoms with Crippen molar-refractivity contribution in [1.82, 2.24) is 0 Å². The Morgan fingerprint density at radius 2 is 1.78 bits per heavy atom. The normalized spacial score (nSPS) is 14.5. The first kappa shape index (κ1) is 19.1. The van der Waals surface area contributed by atoms with Crippen molar-refractivity contribution >= 4 is 29.3 Å². The Balaban J connectivity index is 1.94. The summed E-state index contributed by atoms with van der Waals surface area (Å²) in [7, 11) is 0. The Morgan fingerprint density at radius 1 is 1.11 bits per heavy atom. The number of aromatic carboxylic acids is 1. The van der Waals surface area contributed by atoms with Crippen molar-refractivity contribution in [3.63, 3.8) is 0 Å². The summed E-state index contributed by atoms with van der Waals surface area (Å²) in [5.41, 5.74) is 3.33. The van der Waals surface area contributed by atoms with Gasteiger partial charge in [0.15, 0.2) is 0 Å². The molecular formula is C22H21NO3S. The molecule has 2 aromatic rings. The summed E-state index contributed by atoms with van der Waals surface area (Å²) in [5.74, 6) is 5.95. The Bertz CT molecular complexity index is 983. The number of carboxylic acids is 1. The van der Waals surface area contributed by atoms with Crippen LogP contribution in [0.2, 0.25) is 0 Å². The van der Waals surface area contributed by atoms with Crippen LogP contribution < -0.4 is 5.32 Å². The molecule has 1 heterocycles. The molecule has 138 valence electrons. The second kappa shape index (κ2) is 7.50. The zero-order valence-electron chi connectivity index (χ0n) is 15.6. The van der Waals surface area contributed by atoms with Crippen LogP contribution in [-0.4, -0.2) is 22.7 Å². The van der Waals surface area contributed by atoms with E-state index in [0.717, 1.165) is 17.7 Å². The van der Waals surface area contributed by atoms with E-state index in [2.05, 4.69) is 43.1 Å². The van der Waals surface area contributed by atoms with E-state index in [1.165, 1.54) is 23.4 Å². The van der Waals surface area contributed by atoms with Gasteiger partial charge in [0.05, 0.1) is 11.3 Å². The molecule has 1 amide bonds. The van der Waals surface area contributed by atoms with Crippen molar-refractivity contribution in [3.05, 3.63) is 58.7 Å². The lowest BCUT2D eigenvalue weighted by Gasteiger charge is -2.32. The fourth-order valence-electron chi connectivity index (χ4n) is 3.06. The van der Waals surface area contributed by atoms with Crippen LogP contribution in [0.4, 0.5) is 5.69 Å². The van der Waals surface area contributed by atoms with E-state index in [9.17, 15) is 14.7 Å². The van der Waals surface area contributed by atoms with E-state index < -0.39 is 5.97 Å². The van der Waals surface area contributed by atoms with Gasteiger partial charge >= 0.3 is 5.97 Å². The van der Waals surface area contributed by atoms with Crippen molar-refractivity contribution in [3.8, 4) is 11.8 Å². The van der Waals surface area contributed by atoms with Crippen LogP contribution in [0.25, 0.3) is 0 Å². The molecule has 1 aliphatic rings. The number of nitrogens with one attached hydrogen (secondary N) is 1. The third-order valence-corrected chi connectivity index (χ3v) is 5.68. The molecule has 27 heavy (non-hydrogen) atoms. The number of hydrogen-bond acceptors (Lipinski definition) is 3. The monoisotopic (exact) mass is 379 g/mol. The molecule has 0 saturated carbocycles. The molecule has 0 fully saturated rings. The lowest BCUT2D eigenvalue weighted by atomic mass is 9.81. The topological polar surface area (TPSA) is 66.4 Å². The largest absolute Gasteiger partial charge is 0.478 e. The van der Waals surface area contributed by atoms with Crippen LogP contribution >= 0.6 is 11.8 Å². The zero-order valence-corrected chi connectivity index (χ0v) is 16.4. The molecule has 5 heteroatoms. The van der Waals surface area contributed by atoms with Gasteiger partial charge in [0, 0.05) is 22.9 Å². The number of fused-ring (bicyclic) bond motifs is 1. The maximum absolute atomic E-state index is 11.3. The molecule has 0 atom stereocenters. The number of thioether (sulfide) groups is 1. The standard InChI is InChI=1S/C22H21NO3S/c1-14(24)23-19-13-16(6-8-17(19)21(25)26)5-4-15-7-9-20-18(12-15)22(2,3)10-11-27-20/h6-9,12-13H,10-11H2,1-3H3,(H,23,24)(H,25,26). The summed E-state index contributed by atoms with van der Waals surface area (Å²) in [6.07, 6.45) is 1.14. The van der Waals surface area contributed by atoms with Gasteiger partial charge in [-0.3, -0.25) is 4.79 Å². The summed E-state index contributed by atoms with van der Waals surface area (Å²) in [6, 6.07) is 11.0. The molecule has 0 saturated heterocycles. The fourth-order valence-corrected chi connectivity index (χ4v) is 4.55. The number of rotatable bonds is 2. The van der Waals surface area contributed by atoms with E-state index in [1.807, 2.05) is 17.8 Å². The molecule has 1 aliphatic heterocycles. The second-order valence-electron chi connectivity index (χ2n) is 7.19. The van der Waals surface area contributed by atoms with Gasteiger partial charge in [0.25, 0.3) is 0 Å². The molecular weight excluding hydrogens is 358 g/mol. The van der Waals surface area contributed by atoms with Gasteiger partial charge in [0.1, 0.15) is 0 Å². The Labute approximate surface area is 163 Å². The van der Waals surface area contributed by atoms with E-state index in [1.54, 1.807) is 12.1 Å². The highest BCUT2D eigenvalue weighted by molar-refractivity contribution is 7.99. The maximum Gasteiger partial charge on any atom is 0.337 e. The number of carboxylic acid groups (broad SMARTS) is 1. The van der Waals surface area contributed by atoms with Crippen LogP contribution in [0.3, 0.4) is 0 Å². The lowest BCUT2D eigenvalue weighted by Crippen LogP contribution is -2.22. The fraction of sp³-hybridized carbons (Fsp3) is 0.273. The van der Waals surface area contributed by atoms with E-state index in [0.29, 0.717) is 5.56 Å². The number of amides is 1.